The van der Waals surface area contributed by atoms with Gasteiger partial charge in [0.2, 0.25) is 0 Å². The second-order valence-electron chi connectivity index (χ2n) is 3.74. The Hall–Kier alpha value is -0.910. The zero-order valence-corrected chi connectivity index (χ0v) is 9.43. The number of hydrogen-bond acceptors (Lipinski definition) is 5. The normalized spacial score (nSPS) is 15.1. The SMILES string of the molecule is C=CCOC(=O)C(C)(CC(O)O)N(C)C. The van der Waals surface area contributed by atoms with Gasteiger partial charge in [-0.25, -0.2) is 0 Å². The molecular formula is C10H19NO4. The fourth-order valence-electron chi connectivity index (χ4n) is 1.09. The van der Waals surface area contributed by atoms with Gasteiger partial charge in [-0.1, -0.05) is 12.7 Å². The van der Waals surface area contributed by atoms with Crippen molar-refractivity contribution in [3.05, 3.63) is 12.7 Å². The topological polar surface area (TPSA) is 70.0 Å². The van der Waals surface area contributed by atoms with E-state index in [1.165, 1.54) is 6.08 Å². The van der Waals surface area contributed by atoms with E-state index in [2.05, 4.69) is 6.58 Å². The summed E-state index contributed by atoms with van der Waals surface area (Å²) in [5.41, 5.74) is -1.04. The minimum absolute atomic E-state index is 0.101. The van der Waals surface area contributed by atoms with E-state index in [-0.39, 0.29) is 13.0 Å². The van der Waals surface area contributed by atoms with Crippen molar-refractivity contribution >= 4 is 5.97 Å². The van der Waals surface area contributed by atoms with E-state index >= 15 is 0 Å². The van der Waals surface area contributed by atoms with E-state index < -0.39 is 17.8 Å². The van der Waals surface area contributed by atoms with Crippen LogP contribution in [0.25, 0.3) is 0 Å². The Bertz CT molecular complexity index is 227. The standard InChI is InChI=1S/C10H19NO4/c1-5-6-15-9(14)10(2,11(3)4)7-8(12)13/h5,8,12-13H,1,6-7H2,2-4H3. The molecule has 0 aromatic heterocycles. The van der Waals surface area contributed by atoms with Crippen molar-refractivity contribution in [2.45, 2.75) is 25.2 Å². The largest absolute Gasteiger partial charge is 0.460 e. The Morgan fingerprint density at radius 2 is 2.13 bits per heavy atom. The van der Waals surface area contributed by atoms with Crippen molar-refractivity contribution in [1.82, 2.24) is 4.90 Å². The number of carbonyl (C=O) groups excluding carboxylic acids is 1. The van der Waals surface area contributed by atoms with Crippen LogP contribution in [0.4, 0.5) is 0 Å². The molecule has 0 bridgehead atoms. The molecule has 1 atom stereocenters. The van der Waals surface area contributed by atoms with E-state index in [4.69, 9.17) is 14.9 Å². The average Bonchev–Trinajstić information content (AvgIpc) is 2.12. The molecule has 0 heterocycles. The highest BCUT2D eigenvalue weighted by Crippen LogP contribution is 2.20. The van der Waals surface area contributed by atoms with Crippen molar-refractivity contribution in [3.8, 4) is 0 Å². The minimum atomic E-state index is -1.55. The minimum Gasteiger partial charge on any atom is -0.460 e. The van der Waals surface area contributed by atoms with Gasteiger partial charge in [0.15, 0.2) is 6.29 Å². The summed E-state index contributed by atoms with van der Waals surface area (Å²) in [6.45, 7) is 5.14. The molecule has 1 unspecified atom stereocenters. The Balaban J connectivity index is 4.62. The molecule has 0 aliphatic rings. The van der Waals surface area contributed by atoms with Crippen LogP contribution in [0.5, 0.6) is 0 Å². The molecule has 0 rings (SSSR count). The van der Waals surface area contributed by atoms with Gasteiger partial charge in [0.1, 0.15) is 12.1 Å². The Labute approximate surface area is 90.0 Å². The molecule has 0 aromatic carbocycles. The second-order valence-corrected chi connectivity index (χ2v) is 3.74. The van der Waals surface area contributed by atoms with Gasteiger partial charge in [-0.05, 0) is 21.0 Å². The molecule has 0 saturated carbocycles. The highest BCUT2D eigenvalue weighted by Gasteiger charge is 2.38. The number of hydrogen-bond donors (Lipinski definition) is 2. The van der Waals surface area contributed by atoms with Gasteiger partial charge in [-0.15, -0.1) is 0 Å². The lowest BCUT2D eigenvalue weighted by Crippen LogP contribution is -2.51. The van der Waals surface area contributed by atoms with Crippen molar-refractivity contribution in [1.29, 1.82) is 0 Å². The number of likely N-dealkylation sites (N-methyl/N-ethyl adjacent to an activating group) is 1. The summed E-state index contributed by atoms with van der Waals surface area (Å²) < 4.78 is 4.90. The summed E-state index contributed by atoms with van der Waals surface area (Å²) in [4.78, 5) is 13.3. The van der Waals surface area contributed by atoms with Crippen LogP contribution in [0.3, 0.4) is 0 Å². The predicted octanol–water partition coefficient (Wildman–Crippen LogP) is -0.263. The summed E-state index contributed by atoms with van der Waals surface area (Å²) in [6.07, 6.45) is -0.187. The van der Waals surface area contributed by atoms with Gasteiger partial charge in [0, 0.05) is 6.42 Å². The first-order chi connectivity index (χ1) is 6.84. The Morgan fingerprint density at radius 3 is 2.47 bits per heavy atom. The lowest BCUT2D eigenvalue weighted by atomic mass is 9.96. The van der Waals surface area contributed by atoms with Gasteiger partial charge >= 0.3 is 5.97 Å². The molecule has 15 heavy (non-hydrogen) atoms. The summed E-state index contributed by atoms with van der Waals surface area (Å²) in [6, 6.07) is 0. The van der Waals surface area contributed by atoms with Gasteiger partial charge in [0.25, 0.3) is 0 Å². The molecule has 88 valence electrons. The maximum Gasteiger partial charge on any atom is 0.326 e. The average molecular weight is 217 g/mol. The molecule has 0 aromatic rings. The molecule has 5 nitrogen and oxygen atoms in total. The maximum absolute atomic E-state index is 11.7. The summed E-state index contributed by atoms with van der Waals surface area (Å²) in [7, 11) is 3.36. The number of carbonyl (C=O) groups is 1. The molecule has 0 amide bonds. The number of esters is 1. The Morgan fingerprint density at radius 1 is 1.60 bits per heavy atom. The molecule has 0 aliphatic heterocycles. The second kappa shape index (κ2) is 5.85. The molecule has 0 spiro atoms. The highest BCUT2D eigenvalue weighted by molar-refractivity contribution is 5.80. The van der Waals surface area contributed by atoms with Crippen LogP contribution in [0.1, 0.15) is 13.3 Å². The summed E-state index contributed by atoms with van der Waals surface area (Å²) >= 11 is 0. The highest BCUT2D eigenvalue weighted by atomic mass is 16.5. The van der Waals surface area contributed by atoms with Gasteiger partial charge < -0.3 is 14.9 Å². The molecule has 2 N–H and O–H groups in total. The van der Waals surface area contributed by atoms with Gasteiger partial charge in [0.05, 0.1) is 0 Å². The molecule has 0 aliphatic carbocycles. The lowest BCUT2D eigenvalue weighted by Gasteiger charge is -2.34. The fraction of sp³-hybridized carbons (Fsp3) is 0.700. The van der Waals surface area contributed by atoms with Gasteiger partial charge in [-0.3, -0.25) is 9.69 Å². The zero-order valence-electron chi connectivity index (χ0n) is 9.43. The van der Waals surface area contributed by atoms with E-state index in [0.29, 0.717) is 0 Å². The van der Waals surface area contributed by atoms with Crippen LogP contribution in [0.15, 0.2) is 12.7 Å². The van der Waals surface area contributed by atoms with Gasteiger partial charge in [-0.2, -0.15) is 0 Å². The van der Waals surface area contributed by atoms with Crippen LogP contribution < -0.4 is 0 Å². The molecule has 0 saturated heterocycles. The lowest BCUT2D eigenvalue weighted by molar-refractivity contribution is -0.161. The molecular weight excluding hydrogens is 198 g/mol. The number of ether oxygens (including phenoxy) is 1. The van der Waals surface area contributed by atoms with Crippen LogP contribution in [0, 0.1) is 0 Å². The van der Waals surface area contributed by atoms with Crippen molar-refractivity contribution in [3.63, 3.8) is 0 Å². The Kier molecular flexibility index (Phi) is 5.49. The fourth-order valence-corrected chi connectivity index (χ4v) is 1.09. The molecule has 0 fully saturated rings. The number of nitrogens with zero attached hydrogens (tertiary/aromatic N) is 1. The van der Waals surface area contributed by atoms with Crippen LogP contribution >= 0.6 is 0 Å². The first-order valence-corrected chi connectivity index (χ1v) is 4.66. The van der Waals surface area contributed by atoms with Crippen molar-refractivity contribution in [2.75, 3.05) is 20.7 Å². The van der Waals surface area contributed by atoms with Crippen LogP contribution in [-0.2, 0) is 9.53 Å². The first kappa shape index (κ1) is 14.1. The first-order valence-electron chi connectivity index (χ1n) is 4.66. The third-order valence-electron chi connectivity index (χ3n) is 2.34. The summed E-state index contributed by atoms with van der Waals surface area (Å²) in [5.74, 6) is -0.500. The van der Waals surface area contributed by atoms with E-state index in [1.54, 1.807) is 25.9 Å². The van der Waals surface area contributed by atoms with Crippen molar-refractivity contribution < 1.29 is 19.7 Å². The number of aliphatic hydroxyl groups is 2. The van der Waals surface area contributed by atoms with Crippen LogP contribution in [0.2, 0.25) is 0 Å². The zero-order chi connectivity index (χ0) is 12.1. The molecule has 5 heteroatoms. The van der Waals surface area contributed by atoms with E-state index in [1.807, 2.05) is 0 Å². The van der Waals surface area contributed by atoms with E-state index in [0.717, 1.165) is 0 Å². The monoisotopic (exact) mass is 217 g/mol. The smallest absolute Gasteiger partial charge is 0.326 e. The predicted molar refractivity (Wildman–Crippen MR) is 56.1 cm³/mol. The third-order valence-corrected chi connectivity index (χ3v) is 2.34. The molecule has 0 radical (unpaired) electrons. The maximum atomic E-state index is 11.7. The van der Waals surface area contributed by atoms with Crippen molar-refractivity contribution in [2.24, 2.45) is 0 Å². The van der Waals surface area contributed by atoms with Crippen LogP contribution in [-0.4, -0.2) is 53.6 Å². The number of rotatable bonds is 6. The van der Waals surface area contributed by atoms with E-state index in [9.17, 15) is 4.79 Å². The number of aliphatic hydroxyl groups excluding tert-OH is 1. The third kappa shape index (κ3) is 3.99. The summed E-state index contributed by atoms with van der Waals surface area (Å²) in [5, 5.41) is 17.8. The quantitative estimate of drug-likeness (QED) is 0.364.